The third kappa shape index (κ3) is 5.43. The number of hydrogen-bond donors (Lipinski definition) is 0. The van der Waals surface area contributed by atoms with Gasteiger partial charge < -0.3 is 9.15 Å². The fourth-order valence-corrected chi connectivity index (χ4v) is 4.87. The van der Waals surface area contributed by atoms with Gasteiger partial charge in [0.25, 0.3) is 11.2 Å². The van der Waals surface area contributed by atoms with Crippen LogP contribution in [0.5, 0.6) is 11.6 Å². The lowest BCUT2D eigenvalue weighted by Gasteiger charge is -2.10. The largest absolute Gasteiger partial charge is 0.453 e. The molecule has 43 heavy (non-hydrogen) atoms. The molecule has 0 unspecified atom stereocenters. The lowest BCUT2D eigenvalue weighted by atomic mass is 10.2. The third-order valence-electron chi connectivity index (χ3n) is 6.16. The van der Waals surface area contributed by atoms with E-state index in [1.165, 1.54) is 24.4 Å². The normalized spacial score (nSPS) is 11.4. The Morgan fingerprint density at radius 3 is 2.58 bits per heavy atom. The first kappa shape index (κ1) is 27.7. The van der Waals surface area contributed by atoms with E-state index in [1.807, 2.05) is 0 Å². The Labute approximate surface area is 253 Å². The van der Waals surface area contributed by atoms with Gasteiger partial charge in [-0.3, -0.25) is 25.0 Å². The zero-order valence-corrected chi connectivity index (χ0v) is 23.7. The van der Waals surface area contributed by atoms with Gasteiger partial charge in [-0.1, -0.05) is 39.7 Å². The molecule has 0 fully saturated rings. The van der Waals surface area contributed by atoms with Crippen molar-refractivity contribution in [2.24, 2.45) is 5.10 Å². The summed E-state index contributed by atoms with van der Waals surface area (Å²) >= 11 is 9.39. The number of para-hydroxylation sites is 1. The fraction of sp³-hybridized carbons (Fsp3) is 0. The number of fused-ring (bicyclic) bond motifs is 2. The van der Waals surface area contributed by atoms with E-state index < -0.39 is 21.1 Å². The number of aromatic nitrogens is 3. The molecule has 0 saturated heterocycles. The molecule has 0 aliphatic heterocycles. The number of rotatable bonds is 7. The van der Waals surface area contributed by atoms with Crippen LogP contribution >= 0.6 is 27.5 Å². The van der Waals surface area contributed by atoms with Crippen molar-refractivity contribution in [3.8, 4) is 23.2 Å². The van der Waals surface area contributed by atoms with Crippen LogP contribution in [0.3, 0.4) is 0 Å². The maximum absolute atomic E-state index is 13.7. The van der Waals surface area contributed by atoms with Crippen molar-refractivity contribution >= 4 is 67.0 Å². The Balaban J connectivity index is 1.52. The molecular formula is C28H14BrClN6O7. The second-order valence-electron chi connectivity index (χ2n) is 8.92. The van der Waals surface area contributed by atoms with Crippen LogP contribution in [0.1, 0.15) is 5.56 Å². The van der Waals surface area contributed by atoms with Crippen LogP contribution in [0, 0.1) is 20.2 Å². The summed E-state index contributed by atoms with van der Waals surface area (Å²) in [6.45, 7) is 0. The van der Waals surface area contributed by atoms with Crippen molar-refractivity contribution in [1.82, 2.24) is 14.6 Å². The summed E-state index contributed by atoms with van der Waals surface area (Å²) in [4.78, 5) is 43.8. The zero-order valence-electron chi connectivity index (χ0n) is 21.4. The number of pyridine rings is 1. The summed E-state index contributed by atoms with van der Waals surface area (Å²) in [6, 6.07) is 18.5. The standard InChI is InChI=1S/C28H14BrClN6O7/c29-17-9-16(26(22(12-17)36(40)41)43-25-8-6-19(14-31-25)35(38)39)13-32-34-27(33-21-4-2-1-3-20(21)28(34)37)24-11-15-10-18(30)5-7-23(15)42-24/h1-14H. The molecule has 13 nitrogen and oxygen atoms in total. The molecule has 0 amide bonds. The van der Waals surface area contributed by atoms with Gasteiger partial charge in [-0.2, -0.15) is 9.78 Å². The van der Waals surface area contributed by atoms with Gasteiger partial charge in [0.2, 0.25) is 17.5 Å². The summed E-state index contributed by atoms with van der Waals surface area (Å²) in [5.74, 6) is -0.114. The van der Waals surface area contributed by atoms with Crippen LogP contribution in [0.25, 0.3) is 33.5 Å². The van der Waals surface area contributed by atoms with Crippen molar-refractivity contribution in [3.63, 3.8) is 0 Å². The average molecular weight is 662 g/mol. The zero-order chi connectivity index (χ0) is 30.2. The maximum Gasteiger partial charge on any atom is 0.313 e. The van der Waals surface area contributed by atoms with Crippen molar-refractivity contribution < 1.29 is 19.0 Å². The van der Waals surface area contributed by atoms with Gasteiger partial charge in [-0.25, -0.2) is 9.97 Å². The molecule has 0 bridgehead atoms. The third-order valence-corrected chi connectivity index (χ3v) is 6.86. The Morgan fingerprint density at radius 2 is 1.84 bits per heavy atom. The highest BCUT2D eigenvalue weighted by Gasteiger charge is 2.23. The molecule has 0 atom stereocenters. The van der Waals surface area contributed by atoms with Gasteiger partial charge >= 0.3 is 5.69 Å². The van der Waals surface area contributed by atoms with E-state index in [-0.39, 0.29) is 39.9 Å². The van der Waals surface area contributed by atoms with Gasteiger partial charge in [0.15, 0.2) is 5.76 Å². The second kappa shape index (κ2) is 11.1. The number of benzene rings is 3. The van der Waals surface area contributed by atoms with Crippen molar-refractivity contribution in [2.45, 2.75) is 0 Å². The summed E-state index contributed by atoms with van der Waals surface area (Å²) in [6.07, 6.45) is 2.15. The maximum atomic E-state index is 13.7. The van der Waals surface area contributed by atoms with Crippen molar-refractivity contribution in [1.29, 1.82) is 0 Å². The van der Waals surface area contributed by atoms with Gasteiger partial charge in [-0.05, 0) is 42.5 Å². The number of nitro benzene ring substituents is 1. The minimum atomic E-state index is -0.669. The Hall–Kier alpha value is -5.47. The summed E-state index contributed by atoms with van der Waals surface area (Å²) in [5.41, 5.74) is -0.273. The van der Waals surface area contributed by atoms with Gasteiger partial charge in [0.05, 0.1) is 27.0 Å². The van der Waals surface area contributed by atoms with Crippen LogP contribution in [0.15, 0.2) is 97.8 Å². The highest BCUT2D eigenvalue weighted by atomic mass is 79.9. The number of nitrogens with zero attached hydrogens (tertiary/aromatic N) is 6. The molecule has 3 aromatic carbocycles. The van der Waals surface area contributed by atoms with Crippen LogP contribution in [0.2, 0.25) is 5.02 Å². The summed E-state index contributed by atoms with van der Waals surface area (Å²) in [5, 5.41) is 28.8. The molecule has 0 saturated carbocycles. The minimum Gasteiger partial charge on any atom is -0.453 e. The lowest BCUT2D eigenvalue weighted by molar-refractivity contribution is -0.385. The molecular weight excluding hydrogens is 648 g/mol. The first-order valence-electron chi connectivity index (χ1n) is 12.2. The highest BCUT2D eigenvalue weighted by molar-refractivity contribution is 9.10. The molecule has 6 aromatic rings. The smallest absolute Gasteiger partial charge is 0.313 e. The number of ether oxygens (including phenoxy) is 1. The molecule has 15 heteroatoms. The van der Waals surface area contributed by atoms with Gasteiger partial charge in [0.1, 0.15) is 11.8 Å². The SMILES string of the molecule is O=c1c2ccccc2nc(-c2cc3cc(Cl)ccc3o2)n1N=Cc1cc(Br)cc([N+](=O)[O-])c1Oc1ccc([N+](=O)[O-])cn1. The first-order chi connectivity index (χ1) is 20.7. The molecule has 3 aromatic heterocycles. The number of nitro groups is 2. The van der Waals surface area contributed by atoms with Crippen molar-refractivity contribution in [3.05, 3.63) is 125 Å². The van der Waals surface area contributed by atoms with Crippen LogP contribution < -0.4 is 10.3 Å². The second-order valence-corrected chi connectivity index (χ2v) is 10.3. The highest BCUT2D eigenvalue weighted by Crippen LogP contribution is 2.37. The molecule has 0 N–H and O–H groups in total. The lowest BCUT2D eigenvalue weighted by Crippen LogP contribution is -2.20. The van der Waals surface area contributed by atoms with E-state index in [1.54, 1.807) is 48.5 Å². The molecule has 0 radical (unpaired) electrons. The van der Waals surface area contributed by atoms with E-state index in [0.29, 0.717) is 26.0 Å². The summed E-state index contributed by atoms with van der Waals surface area (Å²) in [7, 11) is 0. The molecule has 212 valence electrons. The van der Waals surface area contributed by atoms with Crippen LogP contribution in [-0.4, -0.2) is 30.7 Å². The molecule has 3 heterocycles. The van der Waals surface area contributed by atoms with Crippen molar-refractivity contribution in [2.75, 3.05) is 0 Å². The molecule has 0 spiro atoms. The monoisotopic (exact) mass is 660 g/mol. The molecule has 6 rings (SSSR count). The van der Waals surface area contributed by atoms with Gasteiger partial charge in [-0.15, -0.1) is 0 Å². The van der Waals surface area contributed by atoms with Gasteiger partial charge in [0, 0.05) is 38.6 Å². The first-order valence-corrected chi connectivity index (χ1v) is 13.4. The molecule has 0 aliphatic rings. The predicted octanol–water partition coefficient (Wildman–Crippen LogP) is 7.11. The summed E-state index contributed by atoms with van der Waals surface area (Å²) < 4.78 is 13.0. The van der Waals surface area contributed by atoms with Crippen LogP contribution in [0.4, 0.5) is 11.4 Å². The van der Waals surface area contributed by atoms with E-state index in [9.17, 15) is 25.0 Å². The van der Waals surface area contributed by atoms with E-state index >= 15 is 0 Å². The molecule has 0 aliphatic carbocycles. The van der Waals surface area contributed by atoms with E-state index in [2.05, 4.69) is 31.0 Å². The quantitative estimate of drug-likeness (QED) is 0.0983. The topological polar surface area (TPSA) is 169 Å². The number of hydrogen-bond acceptors (Lipinski definition) is 10. The predicted molar refractivity (Wildman–Crippen MR) is 161 cm³/mol. The minimum absolute atomic E-state index is 0.0660. The van der Waals surface area contributed by atoms with E-state index in [0.717, 1.165) is 16.9 Å². The Bertz CT molecular complexity index is 2180. The fourth-order valence-electron chi connectivity index (χ4n) is 4.22. The average Bonchev–Trinajstić information content (AvgIpc) is 3.41. The number of halogens is 2. The van der Waals surface area contributed by atoms with Crippen LogP contribution in [-0.2, 0) is 0 Å². The van der Waals surface area contributed by atoms with E-state index in [4.69, 9.17) is 20.8 Å². The number of furan rings is 1. The Morgan fingerprint density at radius 1 is 1.02 bits per heavy atom. The Kier molecular flexibility index (Phi) is 7.13.